The summed E-state index contributed by atoms with van der Waals surface area (Å²) in [6.45, 7) is 6.84. The molecule has 0 saturated heterocycles. The summed E-state index contributed by atoms with van der Waals surface area (Å²) in [5.41, 5.74) is 4.13. The van der Waals surface area contributed by atoms with Crippen LogP contribution in [0.1, 0.15) is 22.5 Å². The number of carbonyl (C=O) groups excluding carboxylic acids is 1. The molecule has 1 aromatic carbocycles. The zero-order valence-corrected chi connectivity index (χ0v) is 14.1. The number of nitrogens with zero attached hydrogens (tertiary/aromatic N) is 2. The molecule has 0 saturated carbocycles. The molecule has 2 aromatic rings. The van der Waals surface area contributed by atoms with Crippen LogP contribution in [0.5, 0.6) is 5.75 Å². The van der Waals surface area contributed by atoms with Crippen LogP contribution in [0.3, 0.4) is 0 Å². The van der Waals surface area contributed by atoms with Gasteiger partial charge in [-0.3, -0.25) is 9.48 Å². The maximum Gasteiger partial charge on any atom is 0.244 e. The lowest BCUT2D eigenvalue weighted by Crippen LogP contribution is -2.26. The smallest absolute Gasteiger partial charge is 0.244 e. The van der Waals surface area contributed by atoms with Crippen LogP contribution in [0.4, 0.5) is 0 Å². The lowest BCUT2D eigenvalue weighted by molar-refractivity contribution is -0.116. The molecule has 0 radical (unpaired) electrons. The van der Waals surface area contributed by atoms with Crippen molar-refractivity contribution in [1.82, 2.24) is 15.1 Å². The van der Waals surface area contributed by atoms with Gasteiger partial charge in [-0.05, 0) is 39.0 Å². The number of hydrogen-bond donors (Lipinski definition) is 1. The standard InChI is InChI=1S/C18H23N3O2/c1-13-5-7-16(8-6-13)23-12-11-19-18(22)10-9-17-14(2)20-21(4)15(17)3/h5-10H,11-12H2,1-4H3,(H,19,22). The van der Waals surface area contributed by atoms with Gasteiger partial charge in [0.05, 0.1) is 12.2 Å². The monoisotopic (exact) mass is 313 g/mol. The summed E-state index contributed by atoms with van der Waals surface area (Å²) in [7, 11) is 1.89. The van der Waals surface area contributed by atoms with Gasteiger partial charge in [-0.1, -0.05) is 17.7 Å². The highest BCUT2D eigenvalue weighted by Gasteiger charge is 2.06. The van der Waals surface area contributed by atoms with Gasteiger partial charge >= 0.3 is 0 Å². The Hall–Kier alpha value is -2.56. The number of ether oxygens (including phenoxy) is 1. The fourth-order valence-corrected chi connectivity index (χ4v) is 2.23. The average molecular weight is 313 g/mol. The Morgan fingerprint density at radius 2 is 1.96 bits per heavy atom. The van der Waals surface area contributed by atoms with E-state index in [1.54, 1.807) is 6.08 Å². The fraction of sp³-hybridized carbons (Fsp3) is 0.333. The number of aryl methyl sites for hydroxylation is 3. The van der Waals surface area contributed by atoms with Crippen LogP contribution in [-0.4, -0.2) is 28.8 Å². The van der Waals surface area contributed by atoms with Crippen molar-refractivity contribution in [3.05, 3.63) is 52.9 Å². The predicted octanol–water partition coefficient (Wildman–Crippen LogP) is 2.55. The van der Waals surface area contributed by atoms with Gasteiger partial charge in [-0.25, -0.2) is 0 Å². The summed E-state index contributed by atoms with van der Waals surface area (Å²) in [5, 5.41) is 7.12. The Bertz CT molecular complexity index is 700. The molecule has 0 atom stereocenters. The van der Waals surface area contributed by atoms with Crippen LogP contribution < -0.4 is 10.1 Å². The number of carbonyl (C=O) groups is 1. The van der Waals surface area contributed by atoms with E-state index in [0.717, 1.165) is 22.7 Å². The van der Waals surface area contributed by atoms with E-state index in [1.165, 1.54) is 11.6 Å². The van der Waals surface area contributed by atoms with Gasteiger partial charge in [-0.15, -0.1) is 0 Å². The van der Waals surface area contributed by atoms with Gasteiger partial charge in [0, 0.05) is 24.4 Å². The van der Waals surface area contributed by atoms with E-state index in [1.807, 2.05) is 56.8 Å². The molecule has 0 aliphatic rings. The Morgan fingerprint density at radius 3 is 2.57 bits per heavy atom. The van der Waals surface area contributed by atoms with Gasteiger partial charge in [0.25, 0.3) is 0 Å². The second kappa shape index (κ2) is 7.63. The first kappa shape index (κ1) is 16.8. The minimum Gasteiger partial charge on any atom is -0.492 e. The van der Waals surface area contributed by atoms with E-state index in [0.29, 0.717) is 13.2 Å². The molecular weight excluding hydrogens is 290 g/mol. The molecule has 23 heavy (non-hydrogen) atoms. The van der Waals surface area contributed by atoms with Crippen LogP contribution in [0.15, 0.2) is 30.3 Å². The Labute approximate surface area is 137 Å². The second-order valence-corrected chi connectivity index (χ2v) is 5.49. The van der Waals surface area contributed by atoms with Crippen molar-refractivity contribution in [2.45, 2.75) is 20.8 Å². The first-order valence-corrected chi connectivity index (χ1v) is 7.63. The molecule has 0 aliphatic carbocycles. The number of rotatable bonds is 6. The van der Waals surface area contributed by atoms with E-state index in [2.05, 4.69) is 10.4 Å². The second-order valence-electron chi connectivity index (χ2n) is 5.49. The Morgan fingerprint density at radius 1 is 1.26 bits per heavy atom. The van der Waals surface area contributed by atoms with E-state index in [4.69, 9.17) is 4.74 Å². The van der Waals surface area contributed by atoms with Crippen molar-refractivity contribution in [1.29, 1.82) is 0 Å². The van der Waals surface area contributed by atoms with E-state index < -0.39 is 0 Å². The number of hydrogen-bond acceptors (Lipinski definition) is 3. The first-order valence-electron chi connectivity index (χ1n) is 7.63. The third-order valence-electron chi connectivity index (χ3n) is 3.66. The molecule has 5 nitrogen and oxygen atoms in total. The summed E-state index contributed by atoms with van der Waals surface area (Å²) in [6.07, 6.45) is 3.33. The maximum absolute atomic E-state index is 11.8. The van der Waals surface area contributed by atoms with Crippen LogP contribution in [-0.2, 0) is 11.8 Å². The third kappa shape index (κ3) is 4.71. The molecule has 0 spiro atoms. The first-order chi connectivity index (χ1) is 11.0. The fourth-order valence-electron chi connectivity index (χ4n) is 2.23. The van der Waals surface area contributed by atoms with Crippen molar-refractivity contribution >= 4 is 12.0 Å². The number of benzene rings is 1. The average Bonchev–Trinajstić information content (AvgIpc) is 2.76. The zero-order chi connectivity index (χ0) is 16.8. The van der Waals surface area contributed by atoms with E-state index in [-0.39, 0.29) is 5.91 Å². The number of nitrogens with one attached hydrogen (secondary N) is 1. The minimum absolute atomic E-state index is 0.139. The zero-order valence-electron chi connectivity index (χ0n) is 14.1. The minimum atomic E-state index is -0.139. The molecule has 1 amide bonds. The van der Waals surface area contributed by atoms with Crippen LogP contribution >= 0.6 is 0 Å². The highest BCUT2D eigenvalue weighted by atomic mass is 16.5. The van der Waals surface area contributed by atoms with Crippen molar-refractivity contribution < 1.29 is 9.53 Å². The summed E-state index contributed by atoms with van der Waals surface area (Å²) >= 11 is 0. The van der Waals surface area contributed by atoms with Gasteiger partial charge in [0.2, 0.25) is 5.91 Å². The maximum atomic E-state index is 11.8. The van der Waals surface area contributed by atoms with E-state index >= 15 is 0 Å². The lowest BCUT2D eigenvalue weighted by atomic mass is 10.2. The number of aromatic nitrogens is 2. The summed E-state index contributed by atoms with van der Waals surface area (Å²) in [6, 6.07) is 7.83. The SMILES string of the molecule is Cc1ccc(OCCNC(=O)C=Cc2c(C)nn(C)c2C)cc1. The van der Waals surface area contributed by atoms with Crippen LogP contribution in [0.2, 0.25) is 0 Å². The van der Waals surface area contributed by atoms with Crippen molar-refractivity contribution in [2.75, 3.05) is 13.2 Å². The molecule has 5 heteroatoms. The summed E-state index contributed by atoms with van der Waals surface area (Å²) in [4.78, 5) is 11.8. The van der Waals surface area contributed by atoms with Gasteiger partial charge in [-0.2, -0.15) is 5.10 Å². The number of amides is 1. The predicted molar refractivity (Wildman–Crippen MR) is 91.4 cm³/mol. The molecule has 0 aliphatic heterocycles. The van der Waals surface area contributed by atoms with Gasteiger partial charge < -0.3 is 10.1 Å². The molecular formula is C18H23N3O2. The highest BCUT2D eigenvalue weighted by molar-refractivity contribution is 5.91. The van der Waals surface area contributed by atoms with Crippen molar-refractivity contribution in [2.24, 2.45) is 7.05 Å². The van der Waals surface area contributed by atoms with Gasteiger partial charge in [0.15, 0.2) is 0 Å². The third-order valence-corrected chi connectivity index (χ3v) is 3.66. The van der Waals surface area contributed by atoms with Crippen molar-refractivity contribution in [3.63, 3.8) is 0 Å². The normalized spacial score (nSPS) is 11.0. The molecule has 1 aromatic heterocycles. The highest BCUT2D eigenvalue weighted by Crippen LogP contribution is 2.13. The largest absolute Gasteiger partial charge is 0.492 e. The van der Waals surface area contributed by atoms with Gasteiger partial charge in [0.1, 0.15) is 12.4 Å². The molecule has 0 bridgehead atoms. The van der Waals surface area contributed by atoms with Crippen LogP contribution in [0.25, 0.3) is 6.08 Å². The summed E-state index contributed by atoms with van der Waals surface area (Å²) < 4.78 is 7.37. The quantitative estimate of drug-likeness (QED) is 0.659. The van der Waals surface area contributed by atoms with Crippen molar-refractivity contribution in [3.8, 4) is 5.75 Å². The Kier molecular flexibility index (Phi) is 5.57. The molecule has 1 N–H and O–H groups in total. The molecule has 122 valence electrons. The topological polar surface area (TPSA) is 56.1 Å². The summed E-state index contributed by atoms with van der Waals surface area (Å²) in [5.74, 6) is 0.669. The molecule has 0 fully saturated rings. The lowest BCUT2D eigenvalue weighted by Gasteiger charge is -2.06. The molecule has 1 heterocycles. The molecule has 2 rings (SSSR count). The Balaban J connectivity index is 1.76. The molecule has 0 unspecified atom stereocenters. The van der Waals surface area contributed by atoms with Crippen LogP contribution in [0, 0.1) is 20.8 Å². The van der Waals surface area contributed by atoms with E-state index in [9.17, 15) is 4.79 Å².